The molecule has 0 saturated carbocycles. The third-order valence-corrected chi connectivity index (χ3v) is 3.64. The van der Waals surface area contributed by atoms with Crippen LogP contribution in [0.3, 0.4) is 0 Å². The molecular formula is C18H19N5O. The quantitative estimate of drug-likeness (QED) is 0.628. The topological polar surface area (TPSA) is 92.9 Å². The first-order chi connectivity index (χ1) is 11.6. The molecule has 24 heavy (non-hydrogen) atoms. The van der Waals surface area contributed by atoms with Gasteiger partial charge in [-0.3, -0.25) is 4.79 Å². The lowest BCUT2D eigenvalue weighted by molar-refractivity contribution is -0.114. The highest BCUT2D eigenvalue weighted by Gasteiger charge is 2.04. The summed E-state index contributed by atoms with van der Waals surface area (Å²) in [5, 5.41) is 7.01. The Morgan fingerprint density at radius 3 is 2.67 bits per heavy atom. The van der Waals surface area contributed by atoms with Crippen molar-refractivity contribution in [3.8, 4) is 0 Å². The van der Waals surface area contributed by atoms with Crippen LogP contribution in [0.15, 0.2) is 48.8 Å². The number of nitrogens with one attached hydrogen (secondary N) is 2. The molecule has 1 amide bonds. The zero-order valence-electron chi connectivity index (χ0n) is 13.4. The number of carbonyl (C=O) groups excluding carboxylic acids is 1. The molecule has 4 N–H and O–H groups in total. The van der Waals surface area contributed by atoms with Crippen LogP contribution < -0.4 is 16.4 Å². The summed E-state index contributed by atoms with van der Waals surface area (Å²) in [6.45, 7) is 2.23. The van der Waals surface area contributed by atoms with E-state index in [0.29, 0.717) is 5.69 Å². The van der Waals surface area contributed by atoms with Crippen LogP contribution in [0.1, 0.15) is 12.5 Å². The lowest BCUT2D eigenvalue weighted by atomic mass is 10.1. The third-order valence-electron chi connectivity index (χ3n) is 3.64. The number of amides is 1. The lowest BCUT2D eigenvalue weighted by Gasteiger charge is -2.09. The fourth-order valence-electron chi connectivity index (χ4n) is 2.50. The van der Waals surface area contributed by atoms with Gasteiger partial charge >= 0.3 is 0 Å². The van der Waals surface area contributed by atoms with Gasteiger partial charge in [0, 0.05) is 30.2 Å². The van der Waals surface area contributed by atoms with E-state index in [0.717, 1.165) is 35.4 Å². The van der Waals surface area contributed by atoms with Crippen molar-refractivity contribution < 1.29 is 4.79 Å². The van der Waals surface area contributed by atoms with E-state index in [4.69, 9.17) is 5.73 Å². The summed E-state index contributed by atoms with van der Waals surface area (Å²) >= 11 is 0. The molecule has 0 bridgehead atoms. The fraction of sp³-hybridized carbons (Fsp3) is 0.167. The minimum absolute atomic E-state index is 0.0701. The Balaban J connectivity index is 1.64. The Labute approximate surface area is 140 Å². The van der Waals surface area contributed by atoms with Crippen LogP contribution >= 0.6 is 0 Å². The second-order valence-corrected chi connectivity index (χ2v) is 5.55. The highest BCUT2D eigenvalue weighted by molar-refractivity contribution is 5.91. The van der Waals surface area contributed by atoms with Crippen molar-refractivity contribution in [3.05, 3.63) is 54.4 Å². The van der Waals surface area contributed by atoms with Gasteiger partial charge in [0.1, 0.15) is 12.1 Å². The van der Waals surface area contributed by atoms with Crippen LogP contribution in [0.4, 0.5) is 17.2 Å². The van der Waals surface area contributed by atoms with E-state index in [2.05, 4.69) is 20.6 Å². The average Bonchev–Trinajstić information content (AvgIpc) is 2.56. The van der Waals surface area contributed by atoms with Crippen LogP contribution in [0.5, 0.6) is 0 Å². The number of aromatic nitrogens is 2. The molecule has 3 aromatic rings. The Bertz CT molecular complexity index is 861. The number of fused-ring (bicyclic) bond motifs is 1. The molecule has 2 aromatic carbocycles. The van der Waals surface area contributed by atoms with Crippen molar-refractivity contribution in [1.82, 2.24) is 9.97 Å². The molecule has 0 fully saturated rings. The molecule has 122 valence electrons. The van der Waals surface area contributed by atoms with Gasteiger partial charge < -0.3 is 16.4 Å². The fourth-order valence-corrected chi connectivity index (χ4v) is 2.50. The number of nitrogen functional groups attached to an aromatic ring is 1. The standard InChI is InChI=1S/C18H19N5O/c1-12(24)23-15-5-2-13(3-6-15)8-9-20-18-16-10-14(19)4-7-17(16)21-11-22-18/h2-7,10-11H,8-9,19H2,1H3,(H,23,24)(H,20,21,22). The van der Waals surface area contributed by atoms with Gasteiger partial charge in [-0.2, -0.15) is 0 Å². The molecule has 0 aliphatic carbocycles. The van der Waals surface area contributed by atoms with Crippen molar-refractivity contribution in [1.29, 1.82) is 0 Å². The number of rotatable bonds is 5. The monoisotopic (exact) mass is 321 g/mol. The predicted molar refractivity (Wildman–Crippen MR) is 96.9 cm³/mol. The molecule has 0 atom stereocenters. The van der Waals surface area contributed by atoms with Crippen LogP contribution in [0, 0.1) is 0 Å². The SMILES string of the molecule is CC(=O)Nc1ccc(CCNc2ncnc3ccc(N)cc23)cc1. The first-order valence-corrected chi connectivity index (χ1v) is 7.72. The maximum absolute atomic E-state index is 11.0. The molecule has 6 heteroatoms. The summed E-state index contributed by atoms with van der Waals surface area (Å²) in [5.74, 6) is 0.710. The molecule has 0 saturated heterocycles. The van der Waals surface area contributed by atoms with Crippen LogP contribution in [0.2, 0.25) is 0 Å². The van der Waals surface area contributed by atoms with Gasteiger partial charge in [0.2, 0.25) is 5.91 Å². The molecule has 0 radical (unpaired) electrons. The van der Waals surface area contributed by atoms with Crippen LogP contribution in [-0.2, 0) is 11.2 Å². The molecule has 0 spiro atoms. The molecule has 0 aliphatic rings. The van der Waals surface area contributed by atoms with Crippen molar-refractivity contribution >= 4 is 34.0 Å². The maximum Gasteiger partial charge on any atom is 0.221 e. The van der Waals surface area contributed by atoms with E-state index >= 15 is 0 Å². The average molecular weight is 321 g/mol. The molecule has 1 aromatic heterocycles. The molecule has 0 unspecified atom stereocenters. The highest BCUT2D eigenvalue weighted by Crippen LogP contribution is 2.21. The number of nitrogens with two attached hydrogens (primary N) is 1. The van der Waals surface area contributed by atoms with Gasteiger partial charge in [-0.1, -0.05) is 12.1 Å². The van der Waals surface area contributed by atoms with Crippen LogP contribution in [0.25, 0.3) is 10.9 Å². The summed E-state index contributed by atoms with van der Waals surface area (Å²) < 4.78 is 0. The van der Waals surface area contributed by atoms with Gasteiger partial charge in [-0.15, -0.1) is 0 Å². The van der Waals surface area contributed by atoms with E-state index in [9.17, 15) is 4.79 Å². The van der Waals surface area contributed by atoms with Gasteiger partial charge in [-0.05, 0) is 42.3 Å². The van der Waals surface area contributed by atoms with Gasteiger partial charge in [-0.25, -0.2) is 9.97 Å². The molecule has 3 rings (SSSR count). The summed E-state index contributed by atoms with van der Waals surface area (Å²) in [7, 11) is 0. The molecule has 0 aliphatic heterocycles. The van der Waals surface area contributed by atoms with Crippen molar-refractivity contribution in [2.24, 2.45) is 0 Å². The van der Waals surface area contributed by atoms with E-state index in [-0.39, 0.29) is 5.91 Å². The first kappa shape index (κ1) is 15.7. The van der Waals surface area contributed by atoms with E-state index in [1.165, 1.54) is 12.5 Å². The predicted octanol–water partition coefficient (Wildman–Crippen LogP) is 2.83. The Hall–Kier alpha value is -3.15. The first-order valence-electron chi connectivity index (χ1n) is 7.72. The zero-order valence-corrected chi connectivity index (χ0v) is 13.4. The van der Waals surface area contributed by atoms with Crippen molar-refractivity contribution in [2.75, 3.05) is 22.9 Å². The van der Waals surface area contributed by atoms with Gasteiger partial charge in [0.15, 0.2) is 0 Å². The summed E-state index contributed by atoms with van der Waals surface area (Å²) in [4.78, 5) is 19.6. The number of hydrogen-bond acceptors (Lipinski definition) is 5. The number of benzene rings is 2. The smallest absolute Gasteiger partial charge is 0.221 e. The van der Waals surface area contributed by atoms with Crippen molar-refractivity contribution in [2.45, 2.75) is 13.3 Å². The summed E-state index contributed by atoms with van der Waals surface area (Å²) in [6.07, 6.45) is 2.39. The Morgan fingerprint density at radius 1 is 1.12 bits per heavy atom. The van der Waals surface area contributed by atoms with Crippen molar-refractivity contribution in [3.63, 3.8) is 0 Å². The lowest BCUT2D eigenvalue weighted by Crippen LogP contribution is -2.08. The summed E-state index contributed by atoms with van der Waals surface area (Å²) in [5.41, 5.74) is 9.38. The second-order valence-electron chi connectivity index (χ2n) is 5.55. The largest absolute Gasteiger partial charge is 0.399 e. The highest BCUT2D eigenvalue weighted by atomic mass is 16.1. The van der Waals surface area contributed by atoms with E-state index in [1.807, 2.05) is 42.5 Å². The molecule has 1 heterocycles. The van der Waals surface area contributed by atoms with Crippen LogP contribution in [-0.4, -0.2) is 22.4 Å². The number of anilines is 3. The number of carbonyl (C=O) groups is 1. The Morgan fingerprint density at radius 2 is 1.92 bits per heavy atom. The Kier molecular flexibility index (Phi) is 4.56. The minimum Gasteiger partial charge on any atom is -0.399 e. The molecule has 6 nitrogen and oxygen atoms in total. The minimum atomic E-state index is -0.0701. The molecular weight excluding hydrogens is 302 g/mol. The second kappa shape index (κ2) is 6.95. The summed E-state index contributed by atoms with van der Waals surface area (Å²) in [6, 6.07) is 13.4. The normalized spacial score (nSPS) is 10.5. The van der Waals surface area contributed by atoms with Gasteiger partial charge in [0.05, 0.1) is 5.52 Å². The number of hydrogen-bond donors (Lipinski definition) is 3. The maximum atomic E-state index is 11.0. The zero-order chi connectivity index (χ0) is 16.9. The number of nitrogens with zero attached hydrogens (tertiary/aromatic N) is 2. The van der Waals surface area contributed by atoms with Gasteiger partial charge in [0.25, 0.3) is 0 Å². The van der Waals surface area contributed by atoms with E-state index in [1.54, 1.807) is 6.33 Å². The van der Waals surface area contributed by atoms with E-state index < -0.39 is 0 Å². The third kappa shape index (κ3) is 3.78.